The topological polar surface area (TPSA) is 51.2 Å². The number of nitrogens with two attached hydrogens (primary N) is 1. The van der Waals surface area contributed by atoms with Crippen LogP contribution in [0.3, 0.4) is 0 Å². The third-order valence-electron chi connectivity index (χ3n) is 2.60. The van der Waals surface area contributed by atoms with Gasteiger partial charge in [0.1, 0.15) is 5.75 Å². The monoisotopic (exact) mass is 216 g/mol. The maximum atomic E-state index is 9.24. The molecule has 0 fully saturated rings. The Morgan fingerprint density at radius 3 is 2.56 bits per heavy atom. The van der Waals surface area contributed by atoms with E-state index < -0.39 is 0 Å². The molecule has 0 aliphatic carbocycles. The number of rotatable bonds is 4. The van der Waals surface area contributed by atoms with Crippen LogP contribution in [0.4, 0.5) is 0 Å². The Morgan fingerprint density at radius 2 is 1.88 bits per heavy atom. The van der Waals surface area contributed by atoms with Gasteiger partial charge in [0.05, 0.1) is 0 Å². The molecule has 0 amide bonds. The summed E-state index contributed by atoms with van der Waals surface area (Å²) in [6.45, 7) is 0.709. The smallest absolute Gasteiger partial charge is 0.115 e. The van der Waals surface area contributed by atoms with Crippen LogP contribution in [0.5, 0.6) is 5.75 Å². The van der Waals surface area contributed by atoms with E-state index in [2.05, 4.69) is 10.6 Å². The third-order valence-corrected chi connectivity index (χ3v) is 2.60. The third kappa shape index (κ3) is 2.25. The van der Waals surface area contributed by atoms with Crippen LogP contribution in [-0.2, 0) is 6.42 Å². The van der Waals surface area contributed by atoms with Gasteiger partial charge in [-0.05, 0) is 55.8 Å². The molecular weight excluding hydrogens is 200 g/mol. The average Bonchev–Trinajstić information content (AvgIpc) is 2.75. The van der Waals surface area contributed by atoms with E-state index in [9.17, 15) is 5.11 Å². The first-order valence-corrected chi connectivity index (χ1v) is 5.47. The molecule has 3 nitrogen and oxygen atoms in total. The molecule has 0 aliphatic heterocycles. The first-order valence-electron chi connectivity index (χ1n) is 5.47. The van der Waals surface area contributed by atoms with Gasteiger partial charge >= 0.3 is 0 Å². The maximum absolute atomic E-state index is 9.24. The van der Waals surface area contributed by atoms with Crippen molar-refractivity contribution in [3.8, 4) is 11.4 Å². The minimum atomic E-state index is 0.291. The van der Waals surface area contributed by atoms with Gasteiger partial charge in [0.15, 0.2) is 0 Å². The molecule has 16 heavy (non-hydrogen) atoms. The lowest BCUT2D eigenvalue weighted by molar-refractivity contribution is 0.475. The van der Waals surface area contributed by atoms with E-state index in [1.165, 1.54) is 5.69 Å². The summed E-state index contributed by atoms with van der Waals surface area (Å²) in [7, 11) is 0. The Kier molecular flexibility index (Phi) is 3.27. The molecule has 3 N–H and O–H groups in total. The van der Waals surface area contributed by atoms with E-state index in [0.29, 0.717) is 12.3 Å². The molecular formula is C13H16N2O. The molecule has 0 bridgehead atoms. The van der Waals surface area contributed by atoms with Crippen molar-refractivity contribution in [2.75, 3.05) is 6.54 Å². The first-order chi connectivity index (χ1) is 7.81. The van der Waals surface area contributed by atoms with Gasteiger partial charge < -0.3 is 15.4 Å². The SMILES string of the molecule is NCCCc1cccn1-c1ccc(O)cc1. The second kappa shape index (κ2) is 4.86. The number of aryl methyl sites for hydroxylation is 1. The molecule has 0 aliphatic rings. The van der Waals surface area contributed by atoms with E-state index >= 15 is 0 Å². The minimum Gasteiger partial charge on any atom is -0.508 e. The van der Waals surface area contributed by atoms with Crippen molar-refractivity contribution in [1.82, 2.24) is 4.57 Å². The van der Waals surface area contributed by atoms with Crippen molar-refractivity contribution in [3.63, 3.8) is 0 Å². The van der Waals surface area contributed by atoms with Crippen LogP contribution in [0.15, 0.2) is 42.6 Å². The molecule has 0 radical (unpaired) electrons. The highest BCUT2D eigenvalue weighted by atomic mass is 16.3. The molecule has 84 valence electrons. The Morgan fingerprint density at radius 1 is 1.12 bits per heavy atom. The van der Waals surface area contributed by atoms with Crippen molar-refractivity contribution in [2.45, 2.75) is 12.8 Å². The number of nitrogens with zero attached hydrogens (tertiary/aromatic N) is 1. The molecule has 0 spiro atoms. The normalized spacial score (nSPS) is 10.6. The first kappa shape index (κ1) is 10.8. The second-order valence-corrected chi connectivity index (χ2v) is 3.78. The van der Waals surface area contributed by atoms with Crippen molar-refractivity contribution in [2.24, 2.45) is 5.73 Å². The molecule has 2 aromatic rings. The number of phenolic OH excluding ortho intramolecular Hbond substituents is 1. The van der Waals surface area contributed by atoms with Crippen molar-refractivity contribution >= 4 is 0 Å². The Hall–Kier alpha value is -1.74. The fourth-order valence-corrected chi connectivity index (χ4v) is 1.77. The molecule has 0 atom stereocenters. The second-order valence-electron chi connectivity index (χ2n) is 3.78. The number of aromatic nitrogens is 1. The molecule has 2 rings (SSSR count). The zero-order valence-electron chi connectivity index (χ0n) is 9.13. The predicted molar refractivity (Wildman–Crippen MR) is 64.8 cm³/mol. The Balaban J connectivity index is 2.26. The lowest BCUT2D eigenvalue weighted by Gasteiger charge is -2.08. The lowest BCUT2D eigenvalue weighted by Crippen LogP contribution is -2.04. The van der Waals surface area contributed by atoms with Crippen LogP contribution >= 0.6 is 0 Å². The number of phenols is 1. The molecule has 3 heteroatoms. The predicted octanol–water partition coefficient (Wildman–Crippen LogP) is 2.07. The largest absolute Gasteiger partial charge is 0.508 e. The maximum Gasteiger partial charge on any atom is 0.115 e. The van der Waals surface area contributed by atoms with Crippen molar-refractivity contribution < 1.29 is 5.11 Å². The number of benzene rings is 1. The van der Waals surface area contributed by atoms with Gasteiger partial charge in [-0.25, -0.2) is 0 Å². The summed E-state index contributed by atoms with van der Waals surface area (Å²) in [6.07, 6.45) is 3.99. The summed E-state index contributed by atoms with van der Waals surface area (Å²) in [5.41, 5.74) is 7.82. The van der Waals surface area contributed by atoms with E-state index in [-0.39, 0.29) is 0 Å². The summed E-state index contributed by atoms with van der Waals surface area (Å²) in [6, 6.07) is 11.3. The van der Waals surface area contributed by atoms with Crippen molar-refractivity contribution in [1.29, 1.82) is 0 Å². The average molecular weight is 216 g/mol. The van der Waals surface area contributed by atoms with Gasteiger partial charge in [0.25, 0.3) is 0 Å². The van der Waals surface area contributed by atoms with Crippen LogP contribution in [0.2, 0.25) is 0 Å². The lowest BCUT2D eigenvalue weighted by atomic mass is 10.2. The molecule has 0 saturated heterocycles. The van der Waals surface area contributed by atoms with Gasteiger partial charge in [-0.2, -0.15) is 0 Å². The molecule has 0 unspecified atom stereocenters. The Labute approximate surface area is 95.1 Å². The van der Waals surface area contributed by atoms with E-state index in [1.807, 2.05) is 24.4 Å². The van der Waals surface area contributed by atoms with Gasteiger partial charge in [0.2, 0.25) is 0 Å². The van der Waals surface area contributed by atoms with E-state index in [4.69, 9.17) is 5.73 Å². The Bertz CT molecular complexity index is 445. The zero-order chi connectivity index (χ0) is 11.4. The zero-order valence-corrected chi connectivity index (χ0v) is 9.13. The summed E-state index contributed by atoms with van der Waals surface area (Å²) in [5, 5.41) is 9.24. The van der Waals surface area contributed by atoms with Gasteiger partial charge in [-0.1, -0.05) is 0 Å². The van der Waals surface area contributed by atoms with Gasteiger partial charge in [-0.15, -0.1) is 0 Å². The summed E-state index contributed by atoms with van der Waals surface area (Å²) >= 11 is 0. The van der Waals surface area contributed by atoms with Gasteiger partial charge in [-0.3, -0.25) is 0 Å². The number of hydrogen-bond donors (Lipinski definition) is 2. The summed E-state index contributed by atoms with van der Waals surface area (Å²) in [4.78, 5) is 0. The minimum absolute atomic E-state index is 0.291. The standard InChI is InChI=1S/C13H16N2O/c14-9-1-3-11-4-2-10-15(11)12-5-7-13(16)8-6-12/h2,4-8,10,16H,1,3,9,14H2. The fourth-order valence-electron chi connectivity index (χ4n) is 1.77. The quantitative estimate of drug-likeness (QED) is 0.822. The fraction of sp³-hybridized carbons (Fsp3) is 0.231. The highest BCUT2D eigenvalue weighted by Gasteiger charge is 2.02. The number of aromatic hydroxyl groups is 1. The van der Waals surface area contributed by atoms with E-state index in [0.717, 1.165) is 18.5 Å². The van der Waals surface area contributed by atoms with Crippen LogP contribution in [0.1, 0.15) is 12.1 Å². The van der Waals surface area contributed by atoms with Crippen LogP contribution < -0.4 is 5.73 Å². The van der Waals surface area contributed by atoms with E-state index in [1.54, 1.807) is 12.1 Å². The summed E-state index contributed by atoms with van der Waals surface area (Å²) in [5.74, 6) is 0.291. The highest BCUT2D eigenvalue weighted by molar-refractivity contribution is 5.39. The van der Waals surface area contributed by atoms with Gasteiger partial charge in [0, 0.05) is 17.6 Å². The van der Waals surface area contributed by atoms with Crippen molar-refractivity contribution in [3.05, 3.63) is 48.3 Å². The summed E-state index contributed by atoms with van der Waals surface area (Å²) < 4.78 is 2.12. The van der Waals surface area contributed by atoms with Crippen LogP contribution in [0.25, 0.3) is 5.69 Å². The molecule has 0 saturated carbocycles. The highest BCUT2D eigenvalue weighted by Crippen LogP contribution is 2.17. The number of hydrogen-bond acceptors (Lipinski definition) is 2. The molecule has 1 heterocycles. The van der Waals surface area contributed by atoms with Crippen LogP contribution in [0, 0.1) is 0 Å². The van der Waals surface area contributed by atoms with Crippen LogP contribution in [-0.4, -0.2) is 16.2 Å². The molecule has 1 aromatic heterocycles. The molecule has 1 aromatic carbocycles.